The van der Waals surface area contributed by atoms with Gasteiger partial charge in [0.25, 0.3) is 0 Å². The van der Waals surface area contributed by atoms with Gasteiger partial charge in [-0.15, -0.1) is 0 Å². The summed E-state index contributed by atoms with van der Waals surface area (Å²) in [4.78, 5) is 4.24. The average Bonchev–Trinajstić information content (AvgIpc) is 2.53. The van der Waals surface area contributed by atoms with E-state index in [9.17, 15) is 5.11 Å². The molecule has 11 heavy (non-hydrogen) atoms. The van der Waals surface area contributed by atoms with Crippen LogP contribution in [0.5, 0.6) is 0 Å². The molecule has 59 valence electrons. The van der Waals surface area contributed by atoms with Gasteiger partial charge < -0.3 is 4.57 Å². The summed E-state index contributed by atoms with van der Waals surface area (Å²) in [5.41, 5.74) is 2.50. The van der Waals surface area contributed by atoms with Crippen LogP contribution in [0, 0.1) is 0 Å². The number of imidazole rings is 1. The van der Waals surface area contributed by atoms with Crippen molar-refractivity contribution in [2.24, 2.45) is 0 Å². The van der Waals surface area contributed by atoms with Crippen molar-refractivity contribution in [2.75, 3.05) is 6.61 Å². The Morgan fingerprint density at radius 3 is 3.27 bits per heavy atom. The summed E-state index contributed by atoms with van der Waals surface area (Å²) in [6, 6.07) is 0. The summed E-state index contributed by atoms with van der Waals surface area (Å²) in [6.45, 7) is 0.547. The average molecular weight is 151 g/mol. The van der Waals surface area contributed by atoms with E-state index in [1.54, 1.807) is 6.33 Å². The lowest BCUT2D eigenvalue weighted by molar-refractivity contribution is 0.180. The third kappa shape index (κ3) is 1.05. The van der Waals surface area contributed by atoms with Gasteiger partial charge in [-0.1, -0.05) is 0 Å². The zero-order valence-corrected chi connectivity index (χ0v) is 6.42. The van der Waals surface area contributed by atoms with E-state index in [0.717, 1.165) is 12.8 Å². The maximum atomic E-state index is 10.3. The van der Waals surface area contributed by atoms with Gasteiger partial charge in [0, 0.05) is 5.69 Å². The van der Waals surface area contributed by atoms with Crippen LogP contribution in [-0.4, -0.2) is 16.2 Å². The van der Waals surface area contributed by atoms with Crippen molar-refractivity contribution >= 4 is 0 Å². The van der Waals surface area contributed by atoms with Gasteiger partial charge in [-0.2, -0.15) is 0 Å². The molecular formula is C8H11N2O. The number of aromatic nitrogens is 2. The highest BCUT2D eigenvalue weighted by Crippen LogP contribution is 2.19. The monoisotopic (exact) mass is 151 g/mol. The zero-order valence-electron chi connectivity index (χ0n) is 6.42. The molecule has 0 amide bonds. The smallest absolute Gasteiger partial charge is 0.100 e. The van der Waals surface area contributed by atoms with Crippen LogP contribution in [-0.2, 0) is 24.5 Å². The van der Waals surface area contributed by atoms with Crippen LogP contribution in [0.4, 0.5) is 0 Å². The molecular weight excluding hydrogens is 140 g/mol. The minimum Gasteiger partial charge on any atom is -0.332 e. The Morgan fingerprint density at radius 2 is 2.45 bits per heavy atom. The Balaban J connectivity index is 2.27. The number of nitrogens with zero attached hydrogens (tertiary/aromatic N) is 2. The molecule has 3 heteroatoms. The lowest BCUT2D eigenvalue weighted by Crippen LogP contribution is -2.03. The molecule has 1 aliphatic rings. The van der Waals surface area contributed by atoms with Gasteiger partial charge in [0.05, 0.1) is 18.6 Å². The number of fused-ring (bicyclic) bond motifs is 1. The Bertz CT molecular complexity index is 255. The standard InChI is InChI=1S/C8H11N2O/c11-5-4-10-6-9-7-2-1-3-8(7)10/h6H,1-5H2. The van der Waals surface area contributed by atoms with E-state index >= 15 is 0 Å². The van der Waals surface area contributed by atoms with E-state index in [0.29, 0.717) is 6.54 Å². The molecule has 0 spiro atoms. The van der Waals surface area contributed by atoms with Gasteiger partial charge in [0.15, 0.2) is 0 Å². The molecule has 1 heterocycles. The van der Waals surface area contributed by atoms with Crippen molar-refractivity contribution in [3.05, 3.63) is 17.7 Å². The van der Waals surface area contributed by atoms with Crippen LogP contribution >= 0.6 is 0 Å². The SMILES string of the molecule is [O]CCn1cnc2c1CCC2. The van der Waals surface area contributed by atoms with Gasteiger partial charge in [0.1, 0.15) is 6.61 Å². The number of aryl methyl sites for hydroxylation is 1. The molecule has 0 saturated carbocycles. The third-order valence-corrected chi connectivity index (χ3v) is 2.19. The first kappa shape index (κ1) is 6.85. The highest BCUT2D eigenvalue weighted by atomic mass is 16.3. The van der Waals surface area contributed by atoms with E-state index < -0.39 is 0 Å². The summed E-state index contributed by atoms with van der Waals surface area (Å²) in [7, 11) is 0. The highest BCUT2D eigenvalue weighted by Gasteiger charge is 2.15. The van der Waals surface area contributed by atoms with Crippen LogP contribution in [0.2, 0.25) is 0 Å². The summed E-state index contributed by atoms with van der Waals surface area (Å²) in [6.07, 6.45) is 5.20. The Morgan fingerprint density at radius 1 is 1.55 bits per heavy atom. The molecule has 1 radical (unpaired) electrons. The fourth-order valence-electron chi connectivity index (χ4n) is 1.66. The van der Waals surface area contributed by atoms with Crippen molar-refractivity contribution < 1.29 is 5.11 Å². The zero-order chi connectivity index (χ0) is 7.68. The van der Waals surface area contributed by atoms with E-state index in [1.807, 2.05) is 4.57 Å². The van der Waals surface area contributed by atoms with Crippen molar-refractivity contribution in [3.63, 3.8) is 0 Å². The molecule has 0 fully saturated rings. The normalized spacial score (nSPS) is 15.4. The lowest BCUT2D eigenvalue weighted by atomic mass is 10.3. The van der Waals surface area contributed by atoms with E-state index in [4.69, 9.17) is 0 Å². The number of hydrogen-bond acceptors (Lipinski definition) is 1. The van der Waals surface area contributed by atoms with Crippen LogP contribution in [0.3, 0.4) is 0 Å². The van der Waals surface area contributed by atoms with Gasteiger partial charge in [0.2, 0.25) is 0 Å². The third-order valence-electron chi connectivity index (χ3n) is 2.19. The minimum atomic E-state index is -0.0389. The van der Waals surface area contributed by atoms with Crippen molar-refractivity contribution in [3.8, 4) is 0 Å². The van der Waals surface area contributed by atoms with Crippen LogP contribution in [0.25, 0.3) is 0 Å². The molecule has 2 rings (SSSR count). The largest absolute Gasteiger partial charge is 0.332 e. The van der Waals surface area contributed by atoms with Crippen molar-refractivity contribution in [2.45, 2.75) is 25.8 Å². The maximum Gasteiger partial charge on any atom is 0.100 e. The van der Waals surface area contributed by atoms with Crippen LogP contribution in [0.15, 0.2) is 6.33 Å². The van der Waals surface area contributed by atoms with Crippen molar-refractivity contribution in [1.82, 2.24) is 9.55 Å². The van der Waals surface area contributed by atoms with Gasteiger partial charge in [-0.25, -0.2) is 10.1 Å². The maximum absolute atomic E-state index is 10.3. The van der Waals surface area contributed by atoms with Crippen molar-refractivity contribution in [1.29, 1.82) is 0 Å². The highest BCUT2D eigenvalue weighted by molar-refractivity contribution is 5.18. The second-order valence-corrected chi connectivity index (χ2v) is 2.89. The molecule has 0 aliphatic heterocycles. The first-order valence-corrected chi connectivity index (χ1v) is 4.03. The number of hydrogen-bond donors (Lipinski definition) is 0. The minimum absolute atomic E-state index is 0.0389. The number of rotatable bonds is 2. The quantitative estimate of drug-likeness (QED) is 0.616. The molecule has 0 saturated heterocycles. The summed E-state index contributed by atoms with van der Waals surface area (Å²) in [5.74, 6) is 0. The van der Waals surface area contributed by atoms with E-state index in [1.165, 1.54) is 17.8 Å². The first-order valence-electron chi connectivity index (χ1n) is 4.03. The Labute approximate surface area is 65.7 Å². The fraction of sp³-hybridized carbons (Fsp3) is 0.625. The fourth-order valence-corrected chi connectivity index (χ4v) is 1.66. The molecule has 1 aromatic heterocycles. The molecule has 1 aromatic rings. The van der Waals surface area contributed by atoms with Crippen LogP contribution < -0.4 is 0 Å². The van der Waals surface area contributed by atoms with E-state index in [2.05, 4.69) is 4.98 Å². The summed E-state index contributed by atoms with van der Waals surface area (Å²) >= 11 is 0. The second kappa shape index (κ2) is 2.66. The Hall–Kier alpha value is -0.830. The lowest BCUT2D eigenvalue weighted by Gasteiger charge is -2.00. The van der Waals surface area contributed by atoms with Gasteiger partial charge in [-0.05, 0) is 19.3 Å². The molecule has 0 atom stereocenters. The predicted molar refractivity (Wildman–Crippen MR) is 39.8 cm³/mol. The molecule has 3 nitrogen and oxygen atoms in total. The second-order valence-electron chi connectivity index (χ2n) is 2.89. The summed E-state index contributed by atoms with van der Waals surface area (Å²) in [5, 5.41) is 10.3. The van der Waals surface area contributed by atoms with Gasteiger partial charge in [-0.3, -0.25) is 0 Å². The van der Waals surface area contributed by atoms with E-state index in [-0.39, 0.29) is 6.61 Å². The predicted octanol–water partition coefficient (Wildman–Crippen LogP) is 0.802. The van der Waals surface area contributed by atoms with Crippen LogP contribution in [0.1, 0.15) is 17.8 Å². The molecule has 0 bridgehead atoms. The first-order chi connectivity index (χ1) is 5.42. The van der Waals surface area contributed by atoms with Gasteiger partial charge >= 0.3 is 0 Å². The summed E-state index contributed by atoms with van der Waals surface area (Å²) < 4.78 is 2.00. The molecule has 1 aliphatic carbocycles. The topological polar surface area (TPSA) is 37.7 Å². The molecule has 0 N–H and O–H groups in total. The Kier molecular flexibility index (Phi) is 1.66. The molecule has 0 aromatic carbocycles. The molecule has 0 unspecified atom stereocenters.